The van der Waals surface area contributed by atoms with Crippen LogP contribution in [0.25, 0.3) is 38.6 Å². The maximum atomic E-state index is 14.3. The average Bonchev–Trinajstić information content (AvgIpc) is 2.78. The lowest BCUT2D eigenvalue weighted by molar-refractivity contribution is -0.137. The van der Waals surface area contributed by atoms with Gasteiger partial charge < -0.3 is 0 Å². The van der Waals surface area contributed by atoms with Gasteiger partial charge in [0.2, 0.25) is 5.95 Å². The molecule has 0 aliphatic carbocycles. The first kappa shape index (κ1) is 19.9. The fourth-order valence-electron chi connectivity index (χ4n) is 3.76. The molecule has 5 rings (SSSR count). The van der Waals surface area contributed by atoms with Crippen molar-refractivity contribution in [2.24, 2.45) is 0 Å². The summed E-state index contributed by atoms with van der Waals surface area (Å²) >= 11 is 0. The zero-order chi connectivity index (χ0) is 22.5. The van der Waals surface area contributed by atoms with E-state index >= 15 is 0 Å². The highest BCUT2D eigenvalue weighted by Gasteiger charge is 2.30. The van der Waals surface area contributed by atoms with Crippen molar-refractivity contribution in [3.8, 4) is 16.8 Å². The molecule has 3 heterocycles. The van der Waals surface area contributed by atoms with E-state index in [4.69, 9.17) is 0 Å². The topological polar surface area (TPSA) is 47.8 Å². The predicted molar refractivity (Wildman–Crippen MR) is 113 cm³/mol. The molecule has 0 bridgehead atoms. The minimum Gasteiger partial charge on any atom is -0.276 e. The van der Waals surface area contributed by atoms with Gasteiger partial charge in [-0.05, 0) is 54.1 Å². The van der Waals surface area contributed by atoms with Gasteiger partial charge in [-0.15, -0.1) is 0 Å². The first-order valence-corrected chi connectivity index (χ1v) is 9.56. The van der Waals surface area contributed by atoms with Crippen LogP contribution in [0.1, 0.15) is 5.56 Å². The molecule has 0 saturated heterocycles. The van der Waals surface area contributed by atoms with Crippen molar-refractivity contribution >= 4 is 21.8 Å². The Labute approximate surface area is 178 Å². The number of benzene rings is 2. The first-order valence-electron chi connectivity index (χ1n) is 9.56. The van der Waals surface area contributed by atoms with Gasteiger partial charge in [-0.1, -0.05) is 12.1 Å². The van der Waals surface area contributed by atoms with E-state index in [0.717, 1.165) is 12.1 Å². The third-order valence-corrected chi connectivity index (χ3v) is 5.22. The van der Waals surface area contributed by atoms with Gasteiger partial charge in [0, 0.05) is 40.5 Å². The summed E-state index contributed by atoms with van der Waals surface area (Å²) in [5.41, 5.74) is 0.364. The molecule has 0 atom stereocenters. The van der Waals surface area contributed by atoms with Gasteiger partial charge >= 0.3 is 6.18 Å². The second-order valence-corrected chi connectivity index (χ2v) is 7.19. The fourth-order valence-corrected chi connectivity index (χ4v) is 3.76. The summed E-state index contributed by atoms with van der Waals surface area (Å²) in [6.07, 6.45) is -1.67. The molecule has 0 aliphatic rings. The standard InChI is InChI=1S/C24H13F4N3O/c25-23-18(5-2-10-29-23)14-6-8-20-19(11-14)22-15(13-30-20)7-9-21(32)31(22)17-4-1-3-16(12-17)24(26,27)28/h1-13H. The summed E-state index contributed by atoms with van der Waals surface area (Å²) in [6.45, 7) is 0. The number of rotatable bonds is 2. The van der Waals surface area contributed by atoms with Crippen LogP contribution in [0.3, 0.4) is 0 Å². The van der Waals surface area contributed by atoms with Crippen molar-refractivity contribution in [1.29, 1.82) is 0 Å². The molecule has 8 heteroatoms. The van der Waals surface area contributed by atoms with Crippen molar-refractivity contribution < 1.29 is 17.6 Å². The van der Waals surface area contributed by atoms with Gasteiger partial charge in [-0.2, -0.15) is 17.6 Å². The maximum absolute atomic E-state index is 14.3. The van der Waals surface area contributed by atoms with Gasteiger partial charge in [0.1, 0.15) is 0 Å². The molecular weight excluding hydrogens is 422 g/mol. The smallest absolute Gasteiger partial charge is 0.276 e. The van der Waals surface area contributed by atoms with Crippen LogP contribution in [0.15, 0.2) is 83.9 Å². The molecule has 0 spiro atoms. The van der Waals surface area contributed by atoms with Crippen LogP contribution < -0.4 is 5.56 Å². The Morgan fingerprint density at radius 3 is 2.50 bits per heavy atom. The van der Waals surface area contributed by atoms with Crippen LogP contribution in [0.2, 0.25) is 0 Å². The van der Waals surface area contributed by atoms with Crippen LogP contribution in [0.5, 0.6) is 0 Å². The lowest BCUT2D eigenvalue weighted by atomic mass is 10.0. The number of pyridine rings is 3. The molecule has 4 nitrogen and oxygen atoms in total. The highest BCUT2D eigenvalue weighted by molar-refractivity contribution is 6.05. The molecule has 2 aromatic carbocycles. The van der Waals surface area contributed by atoms with Gasteiger partial charge in [0.05, 0.1) is 16.6 Å². The maximum Gasteiger partial charge on any atom is 0.416 e. The number of alkyl halides is 3. The third-order valence-electron chi connectivity index (χ3n) is 5.22. The van der Waals surface area contributed by atoms with Gasteiger partial charge in [0.25, 0.3) is 5.56 Å². The number of hydrogen-bond acceptors (Lipinski definition) is 3. The highest BCUT2D eigenvalue weighted by atomic mass is 19.4. The Kier molecular flexibility index (Phi) is 4.51. The molecule has 0 N–H and O–H groups in total. The van der Waals surface area contributed by atoms with Crippen molar-refractivity contribution in [3.63, 3.8) is 0 Å². The van der Waals surface area contributed by atoms with Gasteiger partial charge in [0.15, 0.2) is 0 Å². The fraction of sp³-hybridized carbons (Fsp3) is 0.0417. The second kappa shape index (κ2) is 7.26. The molecule has 0 radical (unpaired) electrons. The van der Waals surface area contributed by atoms with Crippen molar-refractivity contribution in [2.45, 2.75) is 6.18 Å². The molecule has 0 aliphatic heterocycles. The van der Waals surface area contributed by atoms with E-state index in [-0.39, 0.29) is 11.3 Å². The van der Waals surface area contributed by atoms with Crippen LogP contribution in [-0.2, 0) is 6.18 Å². The number of hydrogen-bond donors (Lipinski definition) is 0. The van der Waals surface area contributed by atoms with Crippen molar-refractivity contribution in [2.75, 3.05) is 0 Å². The van der Waals surface area contributed by atoms with E-state index in [0.29, 0.717) is 27.4 Å². The monoisotopic (exact) mass is 435 g/mol. The van der Waals surface area contributed by atoms with E-state index in [9.17, 15) is 22.4 Å². The molecule has 0 saturated carbocycles. The molecule has 3 aromatic heterocycles. The molecule has 32 heavy (non-hydrogen) atoms. The zero-order valence-electron chi connectivity index (χ0n) is 16.3. The Hall–Kier alpha value is -4.07. The lowest BCUT2D eigenvalue weighted by Gasteiger charge is -2.15. The minimum absolute atomic E-state index is 0.0703. The normalized spacial score (nSPS) is 11.9. The van der Waals surface area contributed by atoms with Crippen LogP contribution in [-0.4, -0.2) is 14.5 Å². The van der Waals surface area contributed by atoms with Crippen molar-refractivity contribution in [3.05, 3.63) is 101 Å². The largest absolute Gasteiger partial charge is 0.416 e. The summed E-state index contributed by atoms with van der Waals surface area (Å²) in [6, 6.07) is 15.6. The lowest BCUT2D eigenvalue weighted by Crippen LogP contribution is -2.18. The highest BCUT2D eigenvalue weighted by Crippen LogP contribution is 2.33. The van der Waals surface area contributed by atoms with Gasteiger partial charge in [-0.3, -0.25) is 14.3 Å². The molecule has 0 amide bonds. The minimum atomic E-state index is -4.56. The number of aromatic nitrogens is 3. The van der Waals surface area contributed by atoms with E-state index in [1.165, 1.54) is 29.0 Å². The Morgan fingerprint density at radius 2 is 1.72 bits per heavy atom. The van der Waals surface area contributed by atoms with Crippen molar-refractivity contribution in [1.82, 2.24) is 14.5 Å². The SMILES string of the molecule is O=c1ccc2cnc3ccc(-c4cccnc4F)cc3c2n1-c1cccc(C(F)(F)F)c1. The van der Waals surface area contributed by atoms with E-state index in [2.05, 4.69) is 9.97 Å². The first-order chi connectivity index (χ1) is 15.3. The summed E-state index contributed by atoms with van der Waals surface area (Å²) in [5, 5.41) is 1.05. The Balaban J connectivity index is 1.86. The summed E-state index contributed by atoms with van der Waals surface area (Å²) in [7, 11) is 0. The second-order valence-electron chi connectivity index (χ2n) is 7.19. The van der Waals surface area contributed by atoms with E-state index in [1.54, 1.807) is 42.6 Å². The quantitative estimate of drug-likeness (QED) is 0.201. The van der Waals surface area contributed by atoms with Crippen LogP contribution >= 0.6 is 0 Å². The molecule has 0 fully saturated rings. The number of fused-ring (bicyclic) bond motifs is 3. The molecular formula is C24H13F4N3O. The number of nitrogens with zero attached hydrogens (tertiary/aromatic N) is 3. The zero-order valence-corrected chi connectivity index (χ0v) is 16.3. The van der Waals surface area contributed by atoms with E-state index in [1.807, 2.05) is 0 Å². The summed E-state index contributed by atoms with van der Waals surface area (Å²) in [5.74, 6) is -0.657. The summed E-state index contributed by atoms with van der Waals surface area (Å²) in [4.78, 5) is 20.9. The van der Waals surface area contributed by atoms with Crippen LogP contribution in [0, 0.1) is 5.95 Å². The third kappa shape index (κ3) is 3.30. The van der Waals surface area contributed by atoms with Gasteiger partial charge in [-0.25, -0.2) is 4.98 Å². The predicted octanol–water partition coefficient (Wildman–Crippen LogP) is 5.76. The molecule has 0 unspecified atom stereocenters. The Bertz CT molecular complexity index is 1560. The average molecular weight is 435 g/mol. The Morgan fingerprint density at radius 1 is 0.875 bits per heavy atom. The van der Waals surface area contributed by atoms with Crippen LogP contribution in [0.4, 0.5) is 17.6 Å². The summed E-state index contributed by atoms with van der Waals surface area (Å²) < 4.78 is 55.4. The molecule has 158 valence electrons. The number of halogens is 4. The molecule has 5 aromatic rings. The van der Waals surface area contributed by atoms with E-state index < -0.39 is 23.2 Å².